The Kier molecular flexibility index (Phi) is 2.65. The molecule has 0 spiro atoms. The van der Waals surface area contributed by atoms with E-state index in [-0.39, 0.29) is 0 Å². The average Bonchev–Trinajstić information content (AvgIpc) is 3.25. The summed E-state index contributed by atoms with van der Waals surface area (Å²) in [6, 6.07) is 9.57. The number of benzene rings is 1. The average molecular weight is 327 g/mol. The third-order valence-corrected chi connectivity index (χ3v) is 9.00. The molecule has 6 aliphatic carbocycles. The molecule has 0 radical (unpaired) electrons. The molecule has 6 saturated carbocycles. The zero-order valence-electron chi connectivity index (χ0n) is 13.7. The van der Waals surface area contributed by atoms with E-state index in [0.29, 0.717) is 5.75 Å². The maximum absolute atomic E-state index is 11.3. The first-order chi connectivity index (χ1) is 11.2. The van der Waals surface area contributed by atoms with Crippen LogP contribution in [-0.4, -0.2) is 16.5 Å². The van der Waals surface area contributed by atoms with Gasteiger partial charge < -0.3 is 5.32 Å². The quantitative estimate of drug-likeness (QED) is 0.901. The van der Waals surface area contributed by atoms with Gasteiger partial charge in [-0.2, -0.15) is 0 Å². The van der Waals surface area contributed by atoms with E-state index in [4.69, 9.17) is 0 Å². The van der Waals surface area contributed by atoms with E-state index < -0.39 is 10.8 Å². The van der Waals surface area contributed by atoms with Gasteiger partial charge in [0.1, 0.15) is 0 Å². The molecule has 6 fully saturated rings. The number of hydrogen-bond donors (Lipinski definition) is 1. The van der Waals surface area contributed by atoms with Crippen molar-refractivity contribution in [3.05, 3.63) is 35.4 Å². The van der Waals surface area contributed by atoms with Gasteiger partial charge in [0.25, 0.3) is 0 Å². The molecule has 9 unspecified atom stereocenters. The molecule has 0 aromatic heterocycles. The molecule has 23 heavy (non-hydrogen) atoms. The van der Waals surface area contributed by atoms with E-state index in [0.717, 1.165) is 59.9 Å². The molecule has 1 aromatic rings. The lowest BCUT2D eigenvalue weighted by Crippen LogP contribution is -2.34. The summed E-state index contributed by atoms with van der Waals surface area (Å²) >= 11 is 0. The molecule has 1 aromatic carbocycles. The van der Waals surface area contributed by atoms with Crippen molar-refractivity contribution in [3.8, 4) is 0 Å². The Labute approximate surface area is 140 Å². The van der Waals surface area contributed by atoms with E-state index >= 15 is 0 Å². The van der Waals surface area contributed by atoms with Crippen LogP contribution in [-0.2, 0) is 23.1 Å². The van der Waals surface area contributed by atoms with Crippen molar-refractivity contribution in [2.24, 2.45) is 47.3 Å². The molecule has 0 heterocycles. The summed E-state index contributed by atoms with van der Waals surface area (Å²) in [7, 11) is -0.746. The van der Waals surface area contributed by atoms with Gasteiger partial charge >= 0.3 is 0 Å². The molecule has 0 aliphatic heterocycles. The van der Waals surface area contributed by atoms with Crippen LogP contribution < -0.4 is 5.32 Å². The first-order valence-electron chi connectivity index (χ1n) is 9.33. The second-order valence-corrected chi connectivity index (χ2v) is 10.3. The second-order valence-electron chi connectivity index (χ2n) is 8.88. The molecule has 9 atom stereocenters. The van der Waals surface area contributed by atoms with E-state index in [1.54, 1.807) is 19.1 Å². The van der Waals surface area contributed by atoms with Crippen LogP contribution >= 0.6 is 0 Å². The smallest absolute Gasteiger partial charge is 0.0482 e. The van der Waals surface area contributed by atoms with Gasteiger partial charge in [-0.3, -0.25) is 4.21 Å². The van der Waals surface area contributed by atoms with Gasteiger partial charge in [-0.1, -0.05) is 24.3 Å². The maximum atomic E-state index is 11.3. The topological polar surface area (TPSA) is 29.1 Å². The summed E-state index contributed by atoms with van der Waals surface area (Å²) in [5.74, 6) is 9.42. The van der Waals surface area contributed by atoms with Gasteiger partial charge in [-0.15, -0.1) is 0 Å². The van der Waals surface area contributed by atoms with Crippen LogP contribution in [0.4, 0.5) is 0 Å². The number of hydrogen-bond acceptors (Lipinski definition) is 2. The van der Waals surface area contributed by atoms with Crippen LogP contribution in [0.3, 0.4) is 0 Å². The van der Waals surface area contributed by atoms with E-state index in [9.17, 15) is 4.21 Å². The largest absolute Gasteiger partial charge is 0.309 e. The van der Waals surface area contributed by atoms with Gasteiger partial charge in [0.15, 0.2) is 0 Å². The highest BCUT2D eigenvalue weighted by atomic mass is 32.2. The second kappa shape index (κ2) is 4.49. The fourth-order valence-electron chi connectivity index (χ4n) is 8.12. The van der Waals surface area contributed by atoms with Gasteiger partial charge in [-0.25, -0.2) is 0 Å². The van der Waals surface area contributed by atoms with Crippen LogP contribution in [0.5, 0.6) is 0 Å². The Morgan fingerprint density at radius 3 is 2.04 bits per heavy atom. The van der Waals surface area contributed by atoms with Crippen molar-refractivity contribution in [1.82, 2.24) is 5.32 Å². The first-order valence-corrected chi connectivity index (χ1v) is 11.1. The molecule has 3 heteroatoms. The zero-order valence-corrected chi connectivity index (χ0v) is 14.5. The Bertz CT molecular complexity index is 657. The molecular weight excluding hydrogens is 302 g/mol. The summed E-state index contributed by atoms with van der Waals surface area (Å²) in [5.41, 5.74) is 2.57. The van der Waals surface area contributed by atoms with E-state index in [1.807, 2.05) is 0 Å². The van der Waals surface area contributed by atoms with Gasteiger partial charge in [0, 0.05) is 35.4 Å². The fraction of sp³-hybridized carbons (Fsp3) is 0.700. The zero-order chi connectivity index (χ0) is 15.3. The van der Waals surface area contributed by atoms with Crippen molar-refractivity contribution >= 4 is 10.8 Å². The predicted octanol–water partition coefficient (Wildman–Crippen LogP) is 2.80. The molecule has 7 rings (SSSR count). The maximum Gasteiger partial charge on any atom is 0.0482 e. The van der Waals surface area contributed by atoms with E-state index in [1.165, 1.54) is 11.1 Å². The van der Waals surface area contributed by atoms with Crippen molar-refractivity contribution in [2.45, 2.75) is 31.2 Å². The molecular formula is C20H25NOS. The normalized spacial score (nSPS) is 51.4. The summed E-state index contributed by atoms with van der Waals surface area (Å²) in [6.07, 6.45) is 4.94. The third kappa shape index (κ3) is 1.61. The molecule has 6 aliphatic rings. The van der Waals surface area contributed by atoms with Crippen LogP contribution in [0.25, 0.3) is 0 Å². The molecule has 0 amide bonds. The minimum atomic E-state index is -0.746. The molecule has 122 valence electrons. The van der Waals surface area contributed by atoms with Crippen LogP contribution in [0.1, 0.15) is 24.0 Å². The van der Waals surface area contributed by atoms with Crippen LogP contribution in [0.2, 0.25) is 0 Å². The number of nitrogens with one attached hydrogen (secondary N) is 1. The Morgan fingerprint density at radius 1 is 0.913 bits per heavy atom. The summed E-state index contributed by atoms with van der Waals surface area (Å²) in [5, 5.41) is 3.98. The minimum Gasteiger partial charge on any atom is -0.309 e. The Hall–Kier alpha value is -0.670. The Balaban J connectivity index is 1.17. The van der Waals surface area contributed by atoms with E-state index in [2.05, 4.69) is 29.6 Å². The third-order valence-electron chi connectivity index (χ3n) is 8.26. The minimum absolute atomic E-state index is 0.677. The lowest BCUT2D eigenvalue weighted by Gasteiger charge is -2.33. The Morgan fingerprint density at radius 2 is 1.48 bits per heavy atom. The summed E-state index contributed by atoms with van der Waals surface area (Å²) in [6.45, 7) is 1.02. The van der Waals surface area contributed by atoms with Crippen LogP contribution in [0.15, 0.2) is 24.3 Å². The van der Waals surface area contributed by atoms with Crippen LogP contribution in [0, 0.1) is 47.3 Å². The van der Waals surface area contributed by atoms with Gasteiger partial charge in [0.05, 0.1) is 0 Å². The highest BCUT2D eigenvalue weighted by molar-refractivity contribution is 7.83. The first kappa shape index (κ1) is 13.6. The molecule has 1 N–H and O–H groups in total. The SMILES string of the molecule is CS(=O)Cc1ccc(CNC2C3C4CC5C6CC(C53)C2C64)cc1. The lowest BCUT2D eigenvalue weighted by molar-refractivity contribution is 0.132. The summed E-state index contributed by atoms with van der Waals surface area (Å²) < 4.78 is 11.3. The monoisotopic (exact) mass is 327 g/mol. The summed E-state index contributed by atoms with van der Waals surface area (Å²) in [4.78, 5) is 0. The molecule has 0 saturated heterocycles. The standard InChI is InChI=1S/C20H25NOS/c1-23(22)9-11-4-2-10(3-5-11)8-21-20-18-14-6-12-13-7-15(16(12)18)19(20)17(13)14/h2-5,12-21H,6-9H2,1H3. The van der Waals surface area contributed by atoms with Gasteiger partial charge in [0.2, 0.25) is 0 Å². The van der Waals surface area contributed by atoms with Crippen molar-refractivity contribution < 1.29 is 4.21 Å². The van der Waals surface area contributed by atoms with Crippen molar-refractivity contribution in [1.29, 1.82) is 0 Å². The fourth-order valence-corrected chi connectivity index (χ4v) is 8.78. The van der Waals surface area contributed by atoms with Crippen molar-refractivity contribution in [3.63, 3.8) is 0 Å². The lowest BCUT2D eigenvalue weighted by atomic mass is 9.71. The highest BCUT2D eigenvalue weighted by Crippen LogP contribution is 2.82. The predicted molar refractivity (Wildman–Crippen MR) is 92.0 cm³/mol. The molecule has 6 bridgehead atoms. The molecule has 2 nitrogen and oxygen atoms in total. The highest BCUT2D eigenvalue weighted by Gasteiger charge is 2.79. The van der Waals surface area contributed by atoms with Crippen molar-refractivity contribution in [2.75, 3.05) is 6.26 Å². The number of rotatable bonds is 5. The van der Waals surface area contributed by atoms with Gasteiger partial charge in [-0.05, 0) is 71.3 Å².